The van der Waals surface area contributed by atoms with Crippen LogP contribution < -0.4 is 10.5 Å². The Bertz CT molecular complexity index is 1820. The number of rotatable bonds is 8. The van der Waals surface area contributed by atoms with Gasteiger partial charge in [-0.3, -0.25) is 9.78 Å². The molecule has 5 aromatic rings. The minimum absolute atomic E-state index is 0.00685. The summed E-state index contributed by atoms with van der Waals surface area (Å²) in [6, 6.07) is 13.5. The van der Waals surface area contributed by atoms with E-state index in [2.05, 4.69) is 19.9 Å². The lowest BCUT2D eigenvalue weighted by molar-refractivity contribution is -0.142. The van der Waals surface area contributed by atoms with E-state index >= 15 is 0 Å². The Morgan fingerprint density at radius 1 is 1.02 bits per heavy atom. The molecule has 0 aliphatic rings. The predicted octanol–water partition coefficient (Wildman–Crippen LogP) is 6.00. The van der Waals surface area contributed by atoms with Crippen LogP contribution in [0.25, 0.3) is 33.4 Å². The van der Waals surface area contributed by atoms with Crippen molar-refractivity contribution in [2.75, 3.05) is 5.73 Å². The summed E-state index contributed by atoms with van der Waals surface area (Å²) < 4.78 is 49.1. The van der Waals surface area contributed by atoms with E-state index in [0.29, 0.717) is 39.2 Å². The fourth-order valence-corrected chi connectivity index (χ4v) is 4.60. The van der Waals surface area contributed by atoms with E-state index in [9.17, 15) is 23.1 Å². The van der Waals surface area contributed by atoms with Crippen LogP contribution in [0.5, 0.6) is 5.88 Å². The van der Waals surface area contributed by atoms with Crippen LogP contribution in [0.2, 0.25) is 0 Å². The van der Waals surface area contributed by atoms with Crippen LogP contribution in [0.4, 0.5) is 19.1 Å². The van der Waals surface area contributed by atoms with E-state index in [-0.39, 0.29) is 29.7 Å². The first-order chi connectivity index (χ1) is 19.8. The fourth-order valence-electron chi connectivity index (χ4n) is 4.60. The first kappa shape index (κ1) is 28.5. The fraction of sp³-hybridized carbons (Fsp3) is 0.233. The van der Waals surface area contributed by atoms with Crippen LogP contribution in [-0.4, -0.2) is 35.6 Å². The molecule has 9 nitrogen and oxygen atoms in total. The molecule has 216 valence electrons. The lowest BCUT2D eigenvalue weighted by Crippen LogP contribution is -2.28. The highest BCUT2D eigenvalue weighted by atomic mass is 19.3. The van der Waals surface area contributed by atoms with Gasteiger partial charge in [-0.25, -0.2) is 23.1 Å². The second-order valence-corrected chi connectivity index (χ2v) is 10.3. The standard InChI is InChI=1S/C30H27F3N6O3/c1-15-11-17(12-21(35-15)26(32)33)24-25(16-5-8-19(31)9-6-16)37-29(34)38-27(24)42-14-23-36-20-10-7-18(13-22(20)39(23)4)30(2,3)28(40)41/h5-13,26H,14H2,1-4H3,(H,40,41)(H2,34,37,38). The zero-order valence-electron chi connectivity index (χ0n) is 23.2. The predicted molar refractivity (Wildman–Crippen MR) is 150 cm³/mol. The molecule has 0 fully saturated rings. The first-order valence-corrected chi connectivity index (χ1v) is 12.9. The largest absolute Gasteiger partial charge is 0.481 e. The lowest BCUT2D eigenvalue weighted by atomic mass is 9.85. The molecule has 3 N–H and O–H groups in total. The number of benzene rings is 2. The number of imidazole rings is 1. The Balaban J connectivity index is 1.61. The van der Waals surface area contributed by atoms with Gasteiger partial charge in [-0.2, -0.15) is 4.98 Å². The molecule has 0 unspecified atom stereocenters. The monoisotopic (exact) mass is 576 g/mol. The number of nitrogens with two attached hydrogens (primary N) is 1. The SMILES string of the molecule is Cc1cc(-c2c(OCc3nc4ccc(C(C)(C)C(=O)O)cc4n3C)nc(N)nc2-c2ccc(F)cc2)cc(C(F)F)n1. The van der Waals surface area contributed by atoms with Gasteiger partial charge in [-0.15, -0.1) is 0 Å². The number of hydrogen-bond donors (Lipinski definition) is 2. The van der Waals surface area contributed by atoms with Crippen molar-refractivity contribution in [1.29, 1.82) is 0 Å². The minimum Gasteiger partial charge on any atom is -0.481 e. The lowest BCUT2D eigenvalue weighted by Gasteiger charge is -2.19. The molecule has 0 amide bonds. The number of pyridine rings is 1. The first-order valence-electron chi connectivity index (χ1n) is 12.9. The van der Waals surface area contributed by atoms with Gasteiger partial charge in [-0.05, 0) is 80.4 Å². The number of carboxylic acids is 1. The molecule has 0 saturated heterocycles. The maximum Gasteiger partial charge on any atom is 0.313 e. The number of nitrogen functional groups attached to an aromatic ring is 1. The number of aliphatic carboxylic acids is 1. The molecule has 0 aliphatic heterocycles. The maximum absolute atomic E-state index is 13.7. The molecule has 0 radical (unpaired) electrons. The van der Waals surface area contributed by atoms with Gasteiger partial charge in [0.05, 0.1) is 27.7 Å². The summed E-state index contributed by atoms with van der Waals surface area (Å²) in [4.78, 5) is 29.0. The molecule has 42 heavy (non-hydrogen) atoms. The third kappa shape index (κ3) is 5.35. The number of carbonyl (C=O) groups is 1. The molecular formula is C30H27F3N6O3. The number of carboxylic acid groups (broad SMARTS) is 1. The summed E-state index contributed by atoms with van der Waals surface area (Å²) >= 11 is 0. The average molecular weight is 577 g/mol. The van der Waals surface area contributed by atoms with Crippen molar-refractivity contribution in [3.8, 4) is 28.3 Å². The summed E-state index contributed by atoms with van der Waals surface area (Å²) in [7, 11) is 1.77. The van der Waals surface area contributed by atoms with Crippen molar-refractivity contribution in [3.63, 3.8) is 0 Å². The second-order valence-electron chi connectivity index (χ2n) is 10.3. The number of alkyl halides is 2. The van der Waals surface area contributed by atoms with Gasteiger partial charge in [-0.1, -0.05) is 6.07 Å². The molecule has 0 aliphatic carbocycles. The Morgan fingerprint density at radius 3 is 2.40 bits per heavy atom. The van der Waals surface area contributed by atoms with E-state index in [1.807, 2.05) is 0 Å². The molecule has 3 aromatic heterocycles. The van der Waals surface area contributed by atoms with E-state index in [1.165, 1.54) is 30.3 Å². The number of nitrogens with zero attached hydrogens (tertiary/aromatic N) is 5. The van der Waals surface area contributed by atoms with Gasteiger partial charge >= 0.3 is 5.97 Å². The number of fused-ring (bicyclic) bond motifs is 1. The van der Waals surface area contributed by atoms with Crippen LogP contribution in [-0.2, 0) is 23.9 Å². The van der Waals surface area contributed by atoms with Crippen LogP contribution in [0.3, 0.4) is 0 Å². The molecule has 5 rings (SSSR count). The molecule has 0 spiro atoms. The highest BCUT2D eigenvalue weighted by Gasteiger charge is 2.30. The van der Waals surface area contributed by atoms with Crippen LogP contribution in [0, 0.1) is 12.7 Å². The quantitative estimate of drug-likeness (QED) is 0.230. The van der Waals surface area contributed by atoms with Crippen LogP contribution in [0.1, 0.15) is 43.0 Å². The number of anilines is 1. The Morgan fingerprint density at radius 2 is 1.74 bits per heavy atom. The summed E-state index contributed by atoms with van der Waals surface area (Å²) in [5, 5.41) is 9.65. The molecule has 3 heterocycles. The molecule has 0 atom stereocenters. The van der Waals surface area contributed by atoms with Crippen LogP contribution >= 0.6 is 0 Å². The Kier molecular flexibility index (Phi) is 7.31. The zero-order valence-corrected chi connectivity index (χ0v) is 23.2. The number of hydrogen-bond acceptors (Lipinski definition) is 7. The highest BCUT2D eigenvalue weighted by molar-refractivity contribution is 5.86. The minimum atomic E-state index is -2.83. The normalized spacial score (nSPS) is 11.8. The van der Waals surface area contributed by atoms with Gasteiger partial charge in [0.1, 0.15) is 23.9 Å². The molecule has 0 saturated carbocycles. The number of halogens is 3. The number of ether oxygens (including phenoxy) is 1. The summed E-state index contributed by atoms with van der Waals surface area (Å²) in [5.41, 5.74) is 8.08. The topological polar surface area (TPSA) is 129 Å². The average Bonchev–Trinajstić information content (AvgIpc) is 3.26. The number of aryl methyl sites for hydroxylation is 2. The Hall–Kier alpha value is -5.00. The third-order valence-electron chi connectivity index (χ3n) is 7.06. The third-order valence-corrected chi connectivity index (χ3v) is 7.06. The van der Waals surface area contributed by atoms with Crippen molar-refractivity contribution in [3.05, 3.63) is 83.2 Å². The van der Waals surface area contributed by atoms with Crippen molar-refractivity contribution in [2.24, 2.45) is 7.05 Å². The van der Waals surface area contributed by atoms with Gasteiger partial charge in [0.25, 0.3) is 6.43 Å². The smallest absolute Gasteiger partial charge is 0.313 e. The van der Waals surface area contributed by atoms with E-state index in [0.717, 1.165) is 0 Å². The van der Waals surface area contributed by atoms with E-state index in [4.69, 9.17) is 10.5 Å². The second kappa shape index (κ2) is 10.8. The van der Waals surface area contributed by atoms with Gasteiger partial charge in [0.2, 0.25) is 11.8 Å². The van der Waals surface area contributed by atoms with Gasteiger partial charge in [0, 0.05) is 18.3 Å². The number of aromatic nitrogens is 5. The summed E-state index contributed by atoms with van der Waals surface area (Å²) in [5.74, 6) is -1.07. The van der Waals surface area contributed by atoms with E-state index < -0.39 is 29.3 Å². The van der Waals surface area contributed by atoms with Gasteiger partial charge in [0.15, 0.2) is 0 Å². The summed E-state index contributed by atoms with van der Waals surface area (Å²) in [6.07, 6.45) is -2.83. The molecule has 12 heteroatoms. The zero-order chi connectivity index (χ0) is 30.3. The van der Waals surface area contributed by atoms with Crippen molar-refractivity contribution in [2.45, 2.75) is 39.2 Å². The maximum atomic E-state index is 13.7. The Labute approximate surface area is 238 Å². The molecular weight excluding hydrogens is 549 g/mol. The van der Waals surface area contributed by atoms with Crippen molar-refractivity contribution in [1.82, 2.24) is 24.5 Å². The van der Waals surface area contributed by atoms with Crippen LogP contribution in [0.15, 0.2) is 54.6 Å². The summed E-state index contributed by atoms with van der Waals surface area (Å²) in [6.45, 7) is 4.74. The van der Waals surface area contributed by atoms with Gasteiger partial charge < -0.3 is 20.1 Å². The molecule has 2 aromatic carbocycles. The highest BCUT2D eigenvalue weighted by Crippen LogP contribution is 2.39. The molecule has 0 bridgehead atoms. The van der Waals surface area contributed by atoms with Crippen molar-refractivity contribution < 1.29 is 27.8 Å². The van der Waals surface area contributed by atoms with E-state index in [1.54, 1.807) is 56.7 Å². The van der Waals surface area contributed by atoms with Crippen molar-refractivity contribution >= 4 is 23.0 Å².